The van der Waals surface area contributed by atoms with Crippen LogP contribution in [-0.4, -0.2) is 26.8 Å². The Morgan fingerprint density at radius 1 is 0.926 bits per heavy atom. The van der Waals surface area contributed by atoms with Crippen molar-refractivity contribution in [2.24, 2.45) is 0 Å². The summed E-state index contributed by atoms with van der Waals surface area (Å²) in [5.74, 6) is 0.0387. The molecule has 0 aliphatic heterocycles. The van der Waals surface area contributed by atoms with Gasteiger partial charge in [-0.3, -0.25) is 14.8 Å². The summed E-state index contributed by atoms with van der Waals surface area (Å²) in [4.78, 5) is 24.5. The van der Waals surface area contributed by atoms with Crippen LogP contribution >= 0.6 is 0 Å². The number of aromatic nitrogens is 2. The number of fused-ring (bicyclic) bond motifs is 2. The number of hydrogen-bond acceptors (Lipinski definition) is 3. The SMILES string of the molecule is O=C(c1cccc2cccnc12)N(Cc1ccc2ccccc2n1)C1CC1. The Morgan fingerprint density at radius 3 is 2.63 bits per heavy atom. The van der Waals surface area contributed by atoms with Crippen LogP contribution in [0.2, 0.25) is 0 Å². The van der Waals surface area contributed by atoms with Crippen LogP contribution in [-0.2, 0) is 6.54 Å². The summed E-state index contributed by atoms with van der Waals surface area (Å²) in [5, 5.41) is 2.10. The lowest BCUT2D eigenvalue weighted by Crippen LogP contribution is -2.33. The van der Waals surface area contributed by atoms with Crippen molar-refractivity contribution in [1.29, 1.82) is 0 Å². The van der Waals surface area contributed by atoms with Crippen molar-refractivity contribution in [1.82, 2.24) is 14.9 Å². The minimum Gasteiger partial charge on any atom is -0.330 e. The van der Waals surface area contributed by atoms with Gasteiger partial charge in [-0.1, -0.05) is 42.5 Å². The van der Waals surface area contributed by atoms with Crippen LogP contribution in [0.15, 0.2) is 72.9 Å². The fourth-order valence-electron chi connectivity index (χ4n) is 3.56. The number of hydrogen-bond donors (Lipinski definition) is 0. The molecule has 4 aromatic rings. The molecule has 0 radical (unpaired) electrons. The monoisotopic (exact) mass is 353 g/mol. The molecule has 0 N–H and O–H groups in total. The Hall–Kier alpha value is -3.27. The molecule has 0 saturated heterocycles. The fraction of sp³-hybridized carbons (Fsp3) is 0.174. The van der Waals surface area contributed by atoms with Gasteiger partial charge in [0.2, 0.25) is 0 Å². The second kappa shape index (κ2) is 6.47. The zero-order valence-corrected chi connectivity index (χ0v) is 14.9. The van der Waals surface area contributed by atoms with E-state index in [0.29, 0.717) is 18.2 Å². The van der Waals surface area contributed by atoms with Crippen molar-refractivity contribution < 1.29 is 4.79 Å². The van der Waals surface area contributed by atoms with Gasteiger partial charge in [-0.2, -0.15) is 0 Å². The molecule has 1 saturated carbocycles. The van der Waals surface area contributed by atoms with Crippen molar-refractivity contribution in [2.45, 2.75) is 25.4 Å². The zero-order chi connectivity index (χ0) is 18.2. The molecule has 2 aromatic carbocycles. The predicted octanol–water partition coefficient (Wildman–Crippen LogP) is 4.59. The summed E-state index contributed by atoms with van der Waals surface area (Å²) < 4.78 is 0. The molecule has 1 amide bonds. The van der Waals surface area contributed by atoms with Crippen LogP contribution in [0.3, 0.4) is 0 Å². The summed E-state index contributed by atoms with van der Waals surface area (Å²) in [6.07, 6.45) is 3.85. The first-order valence-corrected chi connectivity index (χ1v) is 9.29. The van der Waals surface area contributed by atoms with E-state index in [-0.39, 0.29) is 5.91 Å². The van der Waals surface area contributed by atoms with E-state index in [9.17, 15) is 4.79 Å². The standard InChI is InChI=1S/C23H19N3O/c27-23(20-8-3-6-17-7-4-14-24-22(17)20)26(19-12-13-19)15-18-11-10-16-5-1-2-9-21(16)25-18/h1-11,14,19H,12-13,15H2. The predicted molar refractivity (Wildman–Crippen MR) is 106 cm³/mol. The number of carbonyl (C=O) groups is 1. The van der Waals surface area contributed by atoms with E-state index in [2.05, 4.69) is 17.1 Å². The summed E-state index contributed by atoms with van der Waals surface area (Å²) in [6.45, 7) is 0.525. The molecule has 132 valence electrons. The molecule has 4 nitrogen and oxygen atoms in total. The van der Waals surface area contributed by atoms with Crippen molar-refractivity contribution in [3.8, 4) is 0 Å². The number of pyridine rings is 2. The van der Waals surface area contributed by atoms with E-state index >= 15 is 0 Å². The third-order valence-corrected chi connectivity index (χ3v) is 5.10. The van der Waals surface area contributed by atoms with Crippen molar-refractivity contribution >= 4 is 27.7 Å². The maximum absolute atomic E-state index is 13.4. The highest BCUT2D eigenvalue weighted by atomic mass is 16.2. The lowest BCUT2D eigenvalue weighted by Gasteiger charge is -2.23. The van der Waals surface area contributed by atoms with Crippen LogP contribution in [0, 0.1) is 0 Å². The molecule has 0 unspecified atom stereocenters. The second-order valence-electron chi connectivity index (χ2n) is 7.04. The van der Waals surface area contributed by atoms with Gasteiger partial charge in [0.05, 0.1) is 28.8 Å². The minimum atomic E-state index is 0.0387. The Balaban J connectivity index is 1.50. The van der Waals surface area contributed by atoms with Gasteiger partial charge in [-0.15, -0.1) is 0 Å². The van der Waals surface area contributed by atoms with E-state index in [4.69, 9.17) is 4.98 Å². The van der Waals surface area contributed by atoms with Crippen LogP contribution in [0.4, 0.5) is 0 Å². The summed E-state index contributed by atoms with van der Waals surface area (Å²) in [6, 6.07) is 22.1. The highest BCUT2D eigenvalue weighted by Gasteiger charge is 2.34. The number of nitrogens with zero attached hydrogens (tertiary/aromatic N) is 3. The third-order valence-electron chi connectivity index (χ3n) is 5.10. The molecule has 1 fully saturated rings. The third kappa shape index (κ3) is 3.04. The van der Waals surface area contributed by atoms with E-state index in [1.165, 1.54) is 0 Å². The van der Waals surface area contributed by atoms with Crippen LogP contribution < -0.4 is 0 Å². The summed E-state index contributed by atoms with van der Waals surface area (Å²) in [5.41, 5.74) is 3.31. The van der Waals surface area contributed by atoms with Crippen LogP contribution in [0.5, 0.6) is 0 Å². The molecule has 1 aliphatic rings. The highest BCUT2D eigenvalue weighted by Crippen LogP contribution is 2.31. The van der Waals surface area contributed by atoms with Gasteiger partial charge in [0, 0.05) is 23.0 Å². The molecular formula is C23H19N3O. The molecular weight excluding hydrogens is 334 g/mol. The maximum Gasteiger partial charge on any atom is 0.256 e. The zero-order valence-electron chi connectivity index (χ0n) is 14.9. The van der Waals surface area contributed by atoms with E-state index in [1.54, 1.807) is 6.20 Å². The van der Waals surface area contributed by atoms with Gasteiger partial charge < -0.3 is 4.90 Å². The molecule has 2 heterocycles. The lowest BCUT2D eigenvalue weighted by molar-refractivity contribution is 0.0729. The maximum atomic E-state index is 13.4. The molecule has 0 bridgehead atoms. The van der Waals surface area contributed by atoms with Crippen molar-refractivity contribution in [3.63, 3.8) is 0 Å². The van der Waals surface area contributed by atoms with Gasteiger partial charge in [0.1, 0.15) is 0 Å². The number of amides is 1. The average molecular weight is 353 g/mol. The van der Waals surface area contributed by atoms with Gasteiger partial charge in [0.25, 0.3) is 5.91 Å². The first-order chi connectivity index (χ1) is 13.3. The normalized spacial score (nSPS) is 13.8. The Morgan fingerprint density at radius 2 is 1.74 bits per heavy atom. The molecule has 4 heteroatoms. The average Bonchev–Trinajstić information content (AvgIpc) is 3.56. The Kier molecular flexibility index (Phi) is 3.82. The molecule has 2 aromatic heterocycles. The minimum absolute atomic E-state index is 0.0387. The summed E-state index contributed by atoms with van der Waals surface area (Å²) in [7, 11) is 0. The molecule has 5 rings (SSSR count). The van der Waals surface area contributed by atoms with Gasteiger partial charge >= 0.3 is 0 Å². The quantitative estimate of drug-likeness (QED) is 0.539. The lowest BCUT2D eigenvalue weighted by atomic mass is 10.1. The molecule has 0 atom stereocenters. The summed E-state index contributed by atoms with van der Waals surface area (Å²) >= 11 is 0. The molecule has 0 spiro atoms. The van der Waals surface area contributed by atoms with E-state index in [1.807, 2.05) is 59.5 Å². The smallest absolute Gasteiger partial charge is 0.256 e. The van der Waals surface area contributed by atoms with Crippen LogP contribution in [0.25, 0.3) is 21.8 Å². The number of carbonyl (C=O) groups excluding carboxylic acids is 1. The van der Waals surface area contributed by atoms with E-state index in [0.717, 1.165) is 40.3 Å². The van der Waals surface area contributed by atoms with Gasteiger partial charge in [-0.25, -0.2) is 0 Å². The van der Waals surface area contributed by atoms with E-state index < -0.39 is 0 Å². The first-order valence-electron chi connectivity index (χ1n) is 9.29. The topological polar surface area (TPSA) is 46.1 Å². The number of para-hydroxylation sites is 2. The first kappa shape index (κ1) is 15.9. The second-order valence-corrected chi connectivity index (χ2v) is 7.04. The molecule has 1 aliphatic carbocycles. The van der Waals surface area contributed by atoms with Crippen molar-refractivity contribution in [3.05, 3.63) is 84.2 Å². The fourth-order valence-corrected chi connectivity index (χ4v) is 3.56. The van der Waals surface area contributed by atoms with Crippen LogP contribution in [0.1, 0.15) is 28.9 Å². The highest BCUT2D eigenvalue weighted by molar-refractivity contribution is 6.05. The molecule has 27 heavy (non-hydrogen) atoms. The largest absolute Gasteiger partial charge is 0.330 e. The Bertz CT molecular complexity index is 1150. The Labute approximate surface area is 157 Å². The van der Waals surface area contributed by atoms with Gasteiger partial charge in [0.15, 0.2) is 0 Å². The van der Waals surface area contributed by atoms with Crippen molar-refractivity contribution in [2.75, 3.05) is 0 Å². The van der Waals surface area contributed by atoms with Gasteiger partial charge in [-0.05, 0) is 37.1 Å². The number of benzene rings is 2. The number of rotatable bonds is 4.